The average Bonchev–Trinajstić information content (AvgIpc) is 3.42. The Morgan fingerprint density at radius 3 is 2.66 bits per heavy atom. The van der Waals surface area contributed by atoms with Crippen molar-refractivity contribution in [1.82, 2.24) is 19.4 Å². The molecule has 1 aromatic carbocycles. The van der Waals surface area contributed by atoms with Crippen molar-refractivity contribution in [1.29, 1.82) is 0 Å². The van der Waals surface area contributed by atoms with Crippen LogP contribution in [0.3, 0.4) is 0 Å². The van der Waals surface area contributed by atoms with Crippen LogP contribution in [0.2, 0.25) is 0 Å². The van der Waals surface area contributed by atoms with Crippen LogP contribution in [0.5, 0.6) is 5.75 Å². The van der Waals surface area contributed by atoms with Gasteiger partial charge in [0.15, 0.2) is 11.4 Å². The minimum absolute atomic E-state index is 0.0170. The van der Waals surface area contributed by atoms with Crippen LogP contribution in [0.25, 0.3) is 11.8 Å². The van der Waals surface area contributed by atoms with E-state index in [9.17, 15) is 18.8 Å². The molecule has 3 heterocycles. The molecular weight excluding hydrogens is 590 g/mol. The van der Waals surface area contributed by atoms with Crippen molar-refractivity contribution in [2.45, 2.75) is 50.7 Å². The number of nitrogens with zero attached hydrogens (tertiary/aromatic N) is 4. The molecule has 0 fully saturated rings. The van der Waals surface area contributed by atoms with E-state index < -0.39 is 28.6 Å². The van der Waals surface area contributed by atoms with Gasteiger partial charge in [0.05, 0.1) is 17.3 Å². The minimum Gasteiger partial charge on any atom is -0.456 e. The van der Waals surface area contributed by atoms with Crippen LogP contribution in [0.1, 0.15) is 54.8 Å². The van der Waals surface area contributed by atoms with E-state index in [0.29, 0.717) is 11.4 Å². The third kappa shape index (κ3) is 6.13. The number of hydrogen-bond donors (Lipinski definition) is 2. The molecule has 10 nitrogen and oxygen atoms in total. The molecule has 5 rings (SSSR count). The number of aliphatic imine (C=N–C) groups is 1. The van der Waals surface area contributed by atoms with Gasteiger partial charge in [-0.15, -0.1) is 11.8 Å². The molecule has 2 aromatic heterocycles. The summed E-state index contributed by atoms with van der Waals surface area (Å²) in [6, 6.07) is 6.39. The van der Waals surface area contributed by atoms with Gasteiger partial charge in [0, 0.05) is 36.3 Å². The van der Waals surface area contributed by atoms with E-state index in [-0.39, 0.29) is 47.0 Å². The number of amides is 1. The number of hydrogen-bond acceptors (Lipinski definition) is 8. The van der Waals surface area contributed by atoms with Crippen molar-refractivity contribution in [2.75, 3.05) is 0 Å². The van der Waals surface area contributed by atoms with Gasteiger partial charge in [-0.3, -0.25) is 24.1 Å². The number of rotatable bonds is 8. The second-order valence-electron chi connectivity index (χ2n) is 10.4. The molecule has 3 unspecified atom stereocenters. The first-order valence-electron chi connectivity index (χ1n) is 13.8. The van der Waals surface area contributed by atoms with Crippen LogP contribution >= 0.6 is 11.8 Å². The smallest absolute Gasteiger partial charge is 0.335 e. The highest BCUT2D eigenvalue weighted by Gasteiger charge is 2.36. The molecule has 0 bridgehead atoms. The quantitative estimate of drug-likeness (QED) is 0.382. The fraction of sp³-hybridized carbons (Fsp3) is 0.258. The summed E-state index contributed by atoms with van der Waals surface area (Å²) in [5.41, 5.74) is 4.92. The van der Waals surface area contributed by atoms with Crippen molar-refractivity contribution in [2.24, 2.45) is 10.7 Å². The fourth-order valence-corrected chi connectivity index (χ4v) is 5.66. The van der Waals surface area contributed by atoms with Crippen molar-refractivity contribution >= 4 is 29.3 Å². The number of nitrogens with one attached hydrogen (secondary N) is 1. The lowest BCUT2D eigenvalue weighted by molar-refractivity contribution is 0.0953. The predicted octanol–water partition coefficient (Wildman–Crippen LogP) is 4.40. The van der Waals surface area contributed by atoms with Crippen LogP contribution in [-0.2, 0) is 6.54 Å². The Kier molecular flexibility index (Phi) is 8.68. The fourth-order valence-electron chi connectivity index (χ4n) is 4.89. The van der Waals surface area contributed by atoms with Crippen LogP contribution in [0.15, 0.2) is 87.1 Å². The zero-order valence-electron chi connectivity index (χ0n) is 24.2. The number of nitrogens with two attached hydrogens (primary N) is 1. The maximum absolute atomic E-state index is 16.1. The molecule has 3 atom stereocenters. The number of thioether (sulfide) groups is 1. The lowest BCUT2D eigenvalue weighted by Crippen LogP contribution is -2.43. The molecule has 13 heteroatoms. The number of allylic oxidation sites excluding steroid dienone is 4. The van der Waals surface area contributed by atoms with Gasteiger partial charge in [0.1, 0.15) is 22.8 Å². The zero-order chi connectivity index (χ0) is 31.6. The zero-order valence-corrected chi connectivity index (χ0v) is 25.0. The summed E-state index contributed by atoms with van der Waals surface area (Å²) < 4.78 is 37.6. The lowest BCUT2D eigenvalue weighted by atomic mass is 9.94. The SMILES string of the molecule is CCn1cc(C(=O)NC2=CC=C(Oc3cc(C4N=CSC4C)cnc3C=CN)C(C)(F)C2)c(=O)n(-c2ccc(F)cc2)c1=O. The molecule has 1 aliphatic heterocycles. The highest BCUT2D eigenvalue weighted by molar-refractivity contribution is 8.12. The Bertz CT molecular complexity index is 1840. The van der Waals surface area contributed by atoms with Crippen LogP contribution < -0.4 is 27.0 Å². The number of halogens is 2. The third-order valence-corrected chi connectivity index (χ3v) is 8.16. The first kappa shape index (κ1) is 30.7. The number of aromatic nitrogens is 3. The van der Waals surface area contributed by atoms with E-state index in [1.54, 1.807) is 42.6 Å². The van der Waals surface area contributed by atoms with Gasteiger partial charge in [-0.2, -0.15) is 0 Å². The molecular formula is C31H30F2N6O4S. The number of benzene rings is 1. The summed E-state index contributed by atoms with van der Waals surface area (Å²) in [5, 5.41) is 2.79. The van der Waals surface area contributed by atoms with Crippen LogP contribution in [0, 0.1) is 5.82 Å². The second kappa shape index (κ2) is 12.4. The van der Waals surface area contributed by atoms with E-state index in [1.807, 2.05) is 6.92 Å². The molecule has 0 saturated carbocycles. The van der Waals surface area contributed by atoms with Crippen molar-refractivity contribution in [3.8, 4) is 11.4 Å². The molecule has 3 aromatic rings. The van der Waals surface area contributed by atoms with Gasteiger partial charge in [-0.25, -0.2) is 18.1 Å². The van der Waals surface area contributed by atoms with Gasteiger partial charge < -0.3 is 15.8 Å². The molecule has 0 spiro atoms. The summed E-state index contributed by atoms with van der Waals surface area (Å²) in [6.07, 6.45) is 8.31. The normalized spacial score (nSPS) is 21.3. The Morgan fingerprint density at radius 2 is 2.02 bits per heavy atom. The predicted molar refractivity (Wildman–Crippen MR) is 166 cm³/mol. The molecule has 0 radical (unpaired) electrons. The first-order valence-corrected chi connectivity index (χ1v) is 14.7. The van der Waals surface area contributed by atoms with E-state index in [0.717, 1.165) is 28.5 Å². The molecule has 3 N–H and O–H groups in total. The van der Waals surface area contributed by atoms with E-state index in [2.05, 4.69) is 15.3 Å². The Morgan fingerprint density at radius 1 is 1.27 bits per heavy atom. The number of carbonyl (C=O) groups excluding carboxylic acids is 1. The van der Waals surface area contributed by atoms with E-state index >= 15 is 4.39 Å². The Labute approximate surface area is 255 Å². The average molecular weight is 621 g/mol. The minimum atomic E-state index is -2.05. The number of carbonyl (C=O) groups is 1. The summed E-state index contributed by atoms with van der Waals surface area (Å²) >= 11 is 1.60. The van der Waals surface area contributed by atoms with Gasteiger partial charge in [0.2, 0.25) is 0 Å². The summed E-state index contributed by atoms with van der Waals surface area (Å²) in [4.78, 5) is 48.4. The number of pyridine rings is 1. The van der Waals surface area contributed by atoms with Gasteiger partial charge in [-0.05, 0) is 74.2 Å². The van der Waals surface area contributed by atoms with E-state index in [4.69, 9.17) is 10.5 Å². The topological polar surface area (TPSA) is 134 Å². The lowest BCUT2D eigenvalue weighted by Gasteiger charge is -2.28. The highest BCUT2D eigenvalue weighted by atomic mass is 32.2. The van der Waals surface area contributed by atoms with Gasteiger partial charge >= 0.3 is 5.69 Å². The molecule has 228 valence electrons. The standard InChI is InChI=1S/C31H30F2N6O4S/c1-4-38-16-23(29(41)39(30(38)42)22-8-5-20(32)6-9-22)28(40)37-21-7-10-26(31(3,33)14-21)43-25-13-19(15-35-24(25)11-12-34)27-18(2)44-17-36-27/h5-13,15-18,27H,4,14,34H2,1-3H3,(H,37,40). The third-order valence-electron chi connectivity index (χ3n) is 7.23. The van der Waals surface area contributed by atoms with Crippen LogP contribution in [0.4, 0.5) is 8.78 Å². The first-order chi connectivity index (χ1) is 21.0. The largest absolute Gasteiger partial charge is 0.456 e. The van der Waals surface area contributed by atoms with E-state index in [1.165, 1.54) is 42.0 Å². The molecule has 2 aliphatic rings. The highest BCUT2D eigenvalue weighted by Crippen LogP contribution is 2.38. The number of aryl methyl sites for hydroxylation is 1. The Hall–Kier alpha value is -4.78. The summed E-state index contributed by atoms with van der Waals surface area (Å²) in [6.45, 7) is 5.20. The molecule has 44 heavy (non-hydrogen) atoms. The van der Waals surface area contributed by atoms with Gasteiger partial charge in [0.25, 0.3) is 11.5 Å². The molecule has 0 saturated heterocycles. The maximum Gasteiger partial charge on any atom is 0.335 e. The summed E-state index contributed by atoms with van der Waals surface area (Å²) in [7, 11) is 0. The second-order valence-corrected chi connectivity index (χ2v) is 11.7. The van der Waals surface area contributed by atoms with Crippen molar-refractivity contribution in [3.05, 3.63) is 116 Å². The monoisotopic (exact) mass is 620 g/mol. The van der Waals surface area contributed by atoms with Gasteiger partial charge in [-0.1, -0.05) is 6.92 Å². The van der Waals surface area contributed by atoms with Crippen molar-refractivity contribution in [3.63, 3.8) is 0 Å². The molecule has 1 amide bonds. The van der Waals surface area contributed by atoms with Crippen molar-refractivity contribution < 1.29 is 18.3 Å². The number of alkyl halides is 1. The Balaban J connectivity index is 1.43. The molecule has 1 aliphatic carbocycles. The number of ether oxygens (including phenoxy) is 1. The maximum atomic E-state index is 16.1. The van der Waals surface area contributed by atoms with Crippen LogP contribution in [-0.4, -0.2) is 36.5 Å². The summed E-state index contributed by atoms with van der Waals surface area (Å²) in [5.74, 6) is -1.10.